The van der Waals surface area contributed by atoms with Gasteiger partial charge in [-0.05, 0) is 18.9 Å². The quantitative estimate of drug-likeness (QED) is 0.699. The maximum absolute atomic E-state index is 4.34. The number of nitrogens with zero attached hydrogens (tertiary/aromatic N) is 1. The van der Waals surface area contributed by atoms with E-state index in [9.17, 15) is 0 Å². The molecule has 0 aliphatic heterocycles. The lowest BCUT2D eigenvalue weighted by atomic mass is 9.99. The molecule has 2 rings (SSSR count). The Hall–Kier alpha value is -1.61. The van der Waals surface area contributed by atoms with Crippen LogP contribution in [-0.4, -0.2) is 9.97 Å². The van der Waals surface area contributed by atoms with Crippen LogP contribution in [0.25, 0.3) is 0 Å². The lowest BCUT2D eigenvalue weighted by Crippen LogP contribution is -2.25. The van der Waals surface area contributed by atoms with Crippen LogP contribution < -0.4 is 5.32 Å². The summed E-state index contributed by atoms with van der Waals surface area (Å²) >= 11 is 0. The Morgan fingerprint density at radius 3 is 2.65 bits per heavy atom. The molecule has 0 aliphatic carbocycles. The van der Waals surface area contributed by atoms with Crippen molar-refractivity contribution in [3.8, 4) is 0 Å². The minimum Gasteiger partial charge on any atom is -0.347 e. The number of rotatable bonds is 8. The Kier molecular flexibility index (Phi) is 5.81. The predicted molar refractivity (Wildman–Crippen MR) is 83.5 cm³/mol. The van der Waals surface area contributed by atoms with Gasteiger partial charge in [0.15, 0.2) is 0 Å². The van der Waals surface area contributed by atoms with Gasteiger partial charge < -0.3 is 10.3 Å². The van der Waals surface area contributed by atoms with Crippen molar-refractivity contribution in [3.05, 3.63) is 54.1 Å². The SMILES string of the molecule is CCCCCC(NC(C)c1ncc[nH]1)c1ccccc1. The van der Waals surface area contributed by atoms with Gasteiger partial charge in [0.05, 0.1) is 6.04 Å². The Labute approximate surface area is 121 Å². The molecule has 3 heteroatoms. The third kappa shape index (κ3) is 4.20. The van der Waals surface area contributed by atoms with Gasteiger partial charge in [0.2, 0.25) is 0 Å². The molecule has 20 heavy (non-hydrogen) atoms. The van der Waals surface area contributed by atoms with Crippen molar-refractivity contribution in [1.82, 2.24) is 15.3 Å². The van der Waals surface area contributed by atoms with Gasteiger partial charge in [0.25, 0.3) is 0 Å². The summed E-state index contributed by atoms with van der Waals surface area (Å²) in [7, 11) is 0. The highest BCUT2D eigenvalue weighted by Gasteiger charge is 2.16. The van der Waals surface area contributed by atoms with Crippen molar-refractivity contribution in [1.29, 1.82) is 0 Å². The summed E-state index contributed by atoms with van der Waals surface area (Å²) in [6.07, 6.45) is 8.66. The van der Waals surface area contributed by atoms with Gasteiger partial charge in [0.1, 0.15) is 5.82 Å². The molecule has 1 aromatic heterocycles. The maximum atomic E-state index is 4.34. The highest BCUT2D eigenvalue weighted by atomic mass is 15.0. The topological polar surface area (TPSA) is 40.7 Å². The van der Waals surface area contributed by atoms with Crippen molar-refractivity contribution in [2.24, 2.45) is 0 Å². The molecule has 0 amide bonds. The summed E-state index contributed by atoms with van der Waals surface area (Å²) in [5, 5.41) is 3.70. The molecule has 0 saturated carbocycles. The zero-order chi connectivity index (χ0) is 14.2. The molecule has 108 valence electrons. The second kappa shape index (κ2) is 7.85. The van der Waals surface area contributed by atoms with Gasteiger partial charge >= 0.3 is 0 Å². The second-order valence-corrected chi connectivity index (χ2v) is 5.32. The van der Waals surface area contributed by atoms with Gasteiger partial charge in [-0.1, -0.05) is 56.5 Å². The second-order valence-electron chi connectivity index (χ2n) is 5.32. The normalized spacial score (nSPS) is 14.1. The fourth-order valence-corrected chi connectivity index (χ4v) is 2.53. The summed E-state index contributed by atoms with van der Waals surface area (Å²) in [6, 6.07) is 11.3. The van der Waals surface area contributed by atoms with Crippen LogP contribution in [0, 0.1) is 0 Å². The summed E-state index contributed by atoms with van der Waals surface area (Å²) in [4.78, 5) is 7.53. The maximum Gasteiger partial charge on any atom is 0.122 e. The molecule has 0 saturated heterocycles. The lowest BCUT2D eigenvalue weighted by molar-refractivity contribution is 0.418. The summed E-state index contributed by atoms with van der Waals surface area (Å²) < 4.78 is 0. The number of aromatic nitrogens is 2. The van der Waals surface area contributed by atoms with E-state index in [0.29, 0.717) is 6.04 Å². The Bertz CT molecular complexity index is 464. The molecule has 0 radical (unpaired) electrons. The molecule has 0 bridgehead atoms. The van der Waals surface area contributed by atoms with Crippen LogP contribution >= 0.6 is 0 Å². The van der Waals surface area contributed by atoms with E-state index < -0.39 is 0 Å². The van der Waals surface area contributed by atoms with Crippen LogP contribution in [-0.2, 0) is 0 Å². The van der Waals surface area contributed by atoms with E-state index in [2.05, 4.69) is 59.5 Å². The molecule has 2 unspecified atom stereocenters. The Balaban J connectivity index is 2.02. The number of nitrogens with one attached hydrogen (secondary N) is 2. The molecule has 0 aliphatic rings. The summed E-state index contributed by atoms with van der Waals surface area (Å²) in [5.41, 5.74) is 1.36. The van der Waals surface area contributed by atoms with Crippen LogP contribution in [0.1, 0.15) is 63.0 Å². The first-order valence-electron chi connectivity index (χ1n) is 7.61. The number of benzene rings is 1. The molecule has 1 aromatic carbocycles. The minimum atomic E-state index is 0.233. The van der Waals surface area contributed by atoms with Crippen molar-refractivity contribution in [2.75, 3.05) is 0 Å². The zero-order valence-corrected chi connectivity index (χ0v) is 12.5. The van der Waals surface area contributed by atoms with E-state index in [0.717, 1.165) is 5.82 Å². The van der Waals surface area contributed by atoms with Crippen LogP contribution in [0.3, 0.4) is 0 Å². The predicted octanol–water partition coefficient (Wildman–Crippen LogP) is 4.38. The largest absolute Gasteiger partial charge is 0.347 e. The number of unbranched alkanes of at least 4 members (excludes halogenated alkanes) is 2. The smallest absolute Gasteiger partial charge is 0.122 e. The number of hydrogen-bond donors (Lipinski definition) is 2. The van der Waals surface area contributed by atoms with Crippen LogP contribution in [0.4, 0.5) is 0 Å². The molecular formula is C17H25N3. The van der Waals surface area contributed by atoms with Gasteiger partial charge in [-0.2, -0.15) is 0 Å². The Morgan fingerprint density at radius 2 is 2.00 bits per heavy atom. The summed E-state index contributed by atoms with van der Waals surface area (Å²) in [5.74, 6) is 1.00. The monoisotopic (exact) mass is 271 g/mol. The van der Waals surface area contributed by atoms with Crippen molar-refractivity contribution in [3.63, 3.8) is 0 Å². The van der Waals surface area contributed by atoms with Gasteiger partial charge in [-0.15, -0.1) is 0 Å². The van der Waals surface area contributed by atoms with Gasteiger partial charge in [-0.3, -0.25) is 0 Å². The van der Waals surface area contributed by atoms with E-state index >= 15 is 0 Å². The van der Waals surface area contributed by atoms with Gasteiger partial charge in [-0.25, -0.2) is 4.98 Å². The van der Waals surface area contributed by atoms with Gasteiger partial charge in [0, 0.05) is 18.4 Å². The standard InChI is InChI=1S/C17H25N3/c1-3-4-6-11-16(15-9-7-5-8-10-15)20-14(2)17-18-12-13-19-17/h5,7-10,12-14,16,20H,3-4,6,11H2,1-2H3,(H,18,19). The molecule has 2 aromatic rings. The number of aromatic amines is 1. The molecule has 3 nitrogen and oxygen atoms in total. The fraction of sp³-hybridized carbons (Fsp3) is 0.471. The molecule has 1 heterocycles. The van der Waals surface area contributed by atoms with Crippen molar-refractivity contribution in [2.45, 2.75) is 51.6 Å². The van der Waals surface area contributed by atoms with Crippen molar-refractivity contribution >= 4 is 0 Å². The van der Waals surface area contributed by atoms with E-state index in [1.54, 1.807) is 0 Å². The third-order valence-electron chi connectivity index (χ3n) is 3.68. The van der Waals surface area contributed by atoms with E-state index in [1.807, 2.05) is 12.4 Å². The summed E-state index contributed by atoms with van der Waals surface area (Å²) in [6.45, 7) is 4.41. The first-order valence-corrected chi connectivity index (χ1v) is 7.61. The molecular weight excluding hydrogens is 246 g/mol. The minimum absolute atomic E-state index is 0.233. The van der Waals surface area contributed by atoms with Crippen LogP contribution in [0.15, 0.2) is 42.7 Å². The molecule has 2 N–H and O–H groups in total. The molecule has 0 spiro atoms. The highest BCUT2D eigenvalue weighted by Crippen LogP contribution is 2.23. The highest BCUT2D eigenvalue weighted by molar-refractivity contribution is 5.19. The number of H-pyrrole nitrogens is 1. The number of imidazole rings is 1. The van der Waals surface area contributed by atoms with E-state index in [1.165, 1.54) is 31.2 Å². The van der Waals surface area contributed by atoms with Crippen molar-refractivity contribution < 1.29 is 0 Å². The lowest BCUT2D eigenvalue weighted by Gasteiger charge is -2.23. The third-order valence-corrected chi connectivity index (χ3v) is 3.68. The average Bonchev–Trinajstić information content (AvgIpc) is 3.01. The Morgan fingerprint density at radius 1 is 1.20 bits per heavy atom. The zero-order valence-electron chi connectivity index (χ0n) is 12.5. The fourth-order valence-electron chi connectivity index (χ4n) is 2.53. The number of hydrogen-bond acceptors (Lipinski definition) is 2. The first-order chi connectivity index (χ1) is 9.81. The van der Waals surface area contributed by atoms with E-state index in [-0.39, 0.29) is 6.04 Å². The molecule has 2 atom stereocenters. The molecule has 0 fully saturated rings. The average molecular weight is 271 g/mol. The van der Waals surface area contributed by atoms with Crippen LogP contribution in [0.2, 0.25) is 0 Å². The van der Waals surface area contributed by atoms with Crippen LogP contribution in [0.5, 0.6) is 0 Å². The first kappa shape index (κ1) is 14.8. The van der Waals surface area contributed by atoms with E-state index in [4.69, 9.17) is 0 Å².